The molecule has 2 unspecified atom stereocenters. The molecule has 0 bridgehead atoms. The number of carboxylic acid groups (broad SMARTS) is 1. The molecule has 156 valence electrons. The van der Waals surface area contributed by atoms with Crippen LogP contribution in [0.25, 0.3) is 28.0 Å². The van der Waals surface area contributed by atoms with Gasteiger partial charge in [-0.15, -0.1) is 0 Å². The molecule has 3 heterocycles. The smallest absolute Gasteiger partial charge is 0.303 e. The normalized spacial score (nSPS) is 18.5. The van der Waals surface area contributed by atoms with Crippen LogP contribution in [-0.2, 0) is 4.79 Å². The van der Waals surface area contributed by atoms with Crippen molar-refractivity contribution in [3.8, 4) is 22.5 Å². The maximum atomic E-state index is 12.6. The van der Waals surface area contributed by atoms with E-state index >= 15 is 0 Å². The van der Waals surface area contributed by atoms with E-state index in [0.29, 0.717) is 12.1 Å². The van der Waals surface area contributed by atoms with Gasteiger partial charge in [0, 0.05) is 24.2 Å². The summed E-state index contributed by atoms with van der Waals surface area (Å²) in [6.45, 7) is 0. The number of aromatic nitrogens is 4. The SMILES string of the molecule is O=C(O)CC1CCC(n2nc(-c3c(-c4ccccc4)nn4ccccc34)ccc2=O)C1. The average Bonchev–Trinajstić information content (AvgIpc) is 3.39. The average molecular weight is 414 g/mol. The van der Waals surface area contributed by atoms with Gasteiger partial charge in [-0.3, -0.25) is 9.59 Å². The molecule has 1 N–H and O–H groups in total. The highest BCUT2D eigenvalue weighted by Crippen LogP contribution is 2.37. The van der Waals surface area contributed by atoms with Gasteiger partial charge < -0.3 is 5.11 Å². The van der Waals surface area contributed by atoms with Gasteiger partial charge in [-0.25, -0.2) is 9.20 Å². The van der Waals surface area contributed by atoms with E-state index in [0.717, 1.165) is 35.2 Å². The highest BCUT2D eigenvalue weighted by atomic mass is 16.4. The summed E-state index contributed by atoms with van der Waals surface area (Å²) < 4.78 is 3.37. The van der Waals surface area contributed by atoms with E-state index in [9.17, 15) is 9.59 Å². The number of benzene rings is 1. The Kier molecular flexibility index (Phi) is 4.86. The molecule has 1 aliphatic rings. The summed E-state index contributed by atoms with van der Waals surface area (Å²) in [6.07, 6.45) is 4.24. The topological polar surface area (TPSA) is 89.5 Å². The van der Waals surface area contributed by atoms with Crippen molar-refractivity contribution < 1.29 is 9.90 Å². The van der Waals surface area contributed by atoms with Crippen LogP contribution in [0.5, 0.6) is 0 Å². The summed E-state index contributed by atoms with van der Waals surface area (Å²) in [6, 6.07) is 19.0. The summed E-state index contributed by atoms with van der Waals surface area (Å²) >= 11 is 0. The lowest BCUT2D eigenvalue weighted by atomic mass is 10.0. The zero-order valence-corrected chi connectivity index (χ0v) is 16.9. The van der Waals surface area contributed by atoms with Gasteiger partial charge in [0.15, 0.2) is 0 Å². The minimum Gasteiger partial charge on any atom is -0.481 e. The predicted octanol–water partition coefficient (Wildman–Crippen LogP) is 4.04. The lowest BCUT2D eigenvalue weighted by Crippen LogP contribution is -2.26. The predicted molar refractivity (Wildman–Crippen MR) is 117 cm³/mol. The van der Waals surface area contributed by atoms with Gasteiger partial charge in [0.25, 0.3) is 5.56 Å². The lowest BCUT2D eigenvalue weighted by molar-refractivity contribution is -0.138. The summed E-state index contributed by atoms with van der Waals surface area (Å²) in [5.41, 5.74) is 4.08. The van der Waals surface area contributed by atoms with Crippen molar-refractivity contribution in [3.05, 3.63) is 77.2 Å². The molecule has 31 heavy (non-hydrogen) atoms. The van der Waals surface area contributed by atoms with Crippen LogP contribution < -0.4 is 5.56 Å². The molecule has 1 saturated carbocycles. The third kappa shape index (κ3) is 3.63. The Hall–Kier alpha value is -3.74. The molecule has 1 aromatic carbocycles. The molecule has 0 radical (unpaired) electrons. The van der Waals surface area contributed by atoms with E-state index in [4.69, 9.17) is 15.3 Å². The summed E-state index contributed by atoms with van der Waals surface area (Å²) in [5, 5.41) is 18.6. The Bertz CT molecular complexity index is 1310. The Morgan fingerprint density at radius 3 is 2.61 bits per heavy atom. The van der Waals surface area contributed by atoms with Crippen molar-refractivity contribution in [2.45, 2.75) is 31.7 Å². The second-order valence-electron chi connectivity index (χ2n) is 8.05. The molecule has 0 spiro atoms. The maximum Gasteiger partial charge on any atom is 0.303 e. The molecule has 1 aliphatic carbocycles. The fourth-order valence-corrected chi connectivity index (χ4v) is 4.57. The fourth-order valence-electron chi connectivity index (χ4n) is 4.57. The van der Waals surface area contributed by atoms with E-state index in [1.807, 2.05) is 59.2 Å². The van der Waals surface area contributed by atoms with Crippen molar-refractivity contribution >= 4 is 11.5 Å². The molecule has 0 amide bonds. The van der Waals surface area contributed by atoms with E-state index in [1.165, 1.54) is 0 Å². The number of carboxylic acids is 1. The molecule has 0 aliphatic heterocycles. The maximum absolute atomic E-state index is 12.6. The second kappa shape index (κ2) is 7.83. The second-order valence-corrected chi connectivity index (χ2v) is 8.05. The quantitative estimate of drug-likeness (QED) is 0.532. The first-order chi connectivity index (χ1) is 15.1. The van der Waals surface area contributed by atoms with Crippen LogP contribution in [0, 0.1) is 5.92 Å². The Morgan fingerprint density at radius 1 is 1.00 bits per heavy atom. The van der Waals surface area contributed by atoms with Crippen molar-refractivity contribution in [1.29, 1.82) is 0 Å². The number of aliphatic carboxylic acids is 1. The first-order valence-electron chi connectivity index (χ1n) is 10.4. The summed E-state index contributed by atoms with van der Waals surface area (Å²) in [4.78, 5) is 23.7. The molecule has 7 nitrogen and oxygen atoms in total. The van der Waals surface area contributed by atoms with E-state index in [2.05, 4.69) is 0 Å². The molecular formula is C24H22N4O3. The molecule has 0 saturated heterocycles. The Balaban J connectivity index is 1.61. The molecule has 3 aromatic heterocycles. The molecule has 1 fully saturated rings. The fraction of sp³-hybridized carbons (Fsp3) is 0.250. The van der Waals surface area contributed by atoms with Gasteiger partial charge >= 0.3 is 5.97 Å². The zero-order chi connectivity index (χ0) is 21.4. The minimum atomic E-state index is -0.793. The van der Waals surface area contributed by atoms with Crippen LogP contribution >= 0.6 is 0 Å². The number of carbonyl (C=O) groups is 1. The highest BCUT2D eigenvalue weighted by Gasteiger charge is 2.29. The van der Waals surface area contributed by atoms with Crippen LogP contribution in [0.15, 0.2) is 71.7 Å². The van der Waals surface area contributed by atoms with Crippen LogP contribution in [-0.4, -0.2) is 30.5 Å². The van der Waals surface area contributed by atoms with Gasteiger partial charge in [0.1, 0.15) is 5.69 Å². The van der Waals surface area contributed by atoms with Crippen molar-refractivity contribution in [2.75, 3.05) is 0 Å². The molecule has 2 atom stereocenters. The zero-order valence-electron chi connectivity index (χ0n) is 16.9. The van der Waals surface area contributed by atoms with E-state index < -0.39 is 5.97 Å². The van der Waals surface area contributed by atoms with Crippen molar-refractivity contribution in [2.24, 2.45) is 5.92 Å². The first-order valence-corrected chi connectivity index (χ1v) is 10.4. The largest absolute Gasteiger partial charge is 0.481 e. The van der Waals surface area contributed by atoms with Crippen LogP contribution in [0.2, 0.25) is 0 Å². The van der Waals surface area contributed by atoms with Crippen molar-refractivity contribution in [1.82, 2.24) is 19.4 Å². The number of hydrogen-bond donors (Lipinski definition) is 1. The molecule has 4 aromatic rings. The van der Waals surface area contributed by atoms with E-state index in [-0.39, 0.29) is 23.9 Å². The Labute approximate surface area is 178 Å². The van der Waals surface area contributed by atoms with E-state index in [1.54, 1.807) is 16.8 Å². The standard InChI is InChI=1S/C24H22N4O3/c29-21-12-11-19(25-28(21)18-10-9-16(14-18)15-22(30)31)23-20-8-4-5-13-27(20)26-24(23)17-6-2-1-3-7-17/h1-8,11-13,16,18H,9-10,14-15H2,(H,30,31). The monoisotopic (exact) mass is 414 g/mol. The van der Waals surface area contributed by atoms with Crippen LogP contribution in [0.3, 0.4) is 0 Å². The van der Waals surface area contributed by atoms with Gasteiger partial charge in [-0.05, 0) is 43.4 Å². The Morgan fingerprint density at radius 2 is 1.81 bits per heavy atom. The van der Waals surface area contributed by atoms with Gasteiger partial charge in [0.2, 0.25) is 0 Å². The van der Waals surface area contributed by atoms with Crippen LogP contribution in [0.1, 0.15) is 31.7 Å². The van der Waals surface area contributed by atoms with Gasteiger partial charge in [-0.1, -0.05) is 36.4 Å². The summed E-state index contributed by atoms with van der Waals surface area (Å²) in [5.74, 6) is -0.713. The number of fused-ring (bicyclic) bond motifs is 1. The lowest BCUT2D eigenvalue weighted by Gasteiger charge is -2.14. The summed E-state index contributed by atoms with van der Waals surface area (Å²) in [7, 11) is 0. The highest BCUT2D eigenvalue weighted by molar-refractivity contribution is 5.90. The number of hydrogen-bond acceptors (Lipinski definition) is 4. The van der Waals surface area contributed by atoms with Gasteiger partial charge in [-0.2, -0.15) is 10.2 Å². The number of nitrogens with zero attached hydrogens (tertiary/aromatic N) is 4. The van der Waals surface area contributed by atoms with Crippen molar-refractivity contribution in [3.63, 3.8) is 0 Å². The number of pyridine rings is 1. The first kappa shape index (κ1) is 19.2. The molecule has 7 heteroatoms. The van der Waals surface area contributed by atoms with Crippen LogP contribution in [0.4, 0.5) is 0 Å². The molecule has 5 rings (SSSR count). The third-order valence-corrected chi connectivity index (χ3v) is 5.99. The third-order valence-electron chi connectivity index (χ3n) is 5.99. The van der Waals surface area contributed by atoms with Gasteiger partial charge in [0.05, 0.1) is 22.8 Å². The minimum absolute atomic E-state index is 0.0803. The number of rotatable bonds is 5. The molecular weight excluding hydrogens is 392 g/mol.